The Balaban J connectivity index is 2.62. The third kappa shape index (κ3) is 3.96. The molecule has 1 aliphatic carbocycles. The Labute approximate surface area is 128 Å². The largest absolute Gasteiger partial charge is 0.371 e. The van der Waals surface area contributed by atoms with E-state index in [4.69, 9.17) is 16.3 Å². The van der Waals surface area contributed by atoms with Gasteiger partial charge in [-0.1, -0.05) is 20.8 Å². The minimum atomic E-state index is -0.632. The maximum Gasteiger partial charge on any atom is 0.167 e. The zero-order valence-corrected chi connectivity index (χ0v) is 14.3. The Hall–Kier alpha value is -0.120. The topological polar surface area (TPSA) is 38.3 Å². The smallest absolute Gasteiger partial charge is 0.167 e. The second-order valence-corrected chi connectivity index (χ2v) is 6.90. The molecule has 3 nitrogen and oxygen atoms in total. The molecule has 1 unspecified atom stereocenters. The molecule has 0 heterocycles. The maximum absolute atomic E-state index is 12.6. The molecule has 118 valence electrons. The summed E-state index contributed by atoms with van der Waals surface area (Å²) in [6, 6.07) is 0.347. The lowest BCUT2D eigenvalue weighted by Crippen LogP contribution is -2.45. The first-order valence-corrected chi connectivity index (χ1v) is 8.28. The normalized spacial score (nSPS) is 26.5. The molecule has 20 heavy (non-hydrogen) atoms. The van der Waals surface area contributed by atoms with Crippen LogP contribution in [0, 0.1) is 5.92 Å². The number of ether oxygens (including phenoxy) is 1. The van der Waals surface area contributed by atoms with E-state index < -0.39 is 5.60 Å². The molecule has 3 atom stereocenters. The molecule has 1 aliphatic rings. The highest BCUT2D eigenvalue weighted by molar-refractivity contribution is 6.23. The van der Waals surface area contributed by atoms with Crippen molar-refractivity contribution in [1.29, 1.82) is 0 Å². The van der Waals surface area contributed by atoms with Gasteiger partial charge in [-0.25, -0.2) is 0 Å². The number of carbonyl (C=O) groups is 1. The van der Waals surface area contributed by atoms with Crippen molar-refractivity contribution in [2.24, 2.45) is 5.92 Å². The third-order valence-electron chi connectivity index (χ3n) is 5.03. The number of methoxy groups -OCH3 is 1. The zero-order valence-electron chi connectivity index (χ0n) is 13.6. The Morgan fingerprint density at radius 3 is 2.30 bits per heavy atom. The van der Waals surface area contributed by atoms with Gasteiger partial charge in [0.05, 0.1) is 5.00 Å². The van der Waals surface area contributed by atoms with E-state index in [-0.39, 0.29) is 16.7 Å². The van der Waals surface area contributed by atoms with E-state index in [9.17, 15) is 4.79 Å². The molecule has 4 heteroatoms. The minimum absolute atomic E-state index is 0.104. The predicted octanol–water partition coefficient (Wildman–Crippen LogP) is 3.88. The van der Waals surface area contributed by atoms with Crippen molar-refractivity contribution >= 4 is 17.4 Å². The van der Waals surface area contributed by atoms with E-state index in [2.05, 4.69) is 19.2 Å². The SMILES string of the molecule is CCC(Cl)(CC)N[C@H]1CC[C@H](C(=O)C(C)(CC)OC)C1. The van der Waals surface area contributed by atoms with Gasteiger partial charge in [0.25, 0.3) is 0 Å². The quantitative estimate of drug-likeness (QED) is 0.546. The van der Waals surface area contributed by atoms with Crippen molar-refractivity contribution in [2.45, 2.75) is 82.9 Å². The average molecular weight is 304 g/mol. The van der Waals surface area contributed by atoms with Crippen LogP contribution in [0.25, 0.3) is 0 Å². The minimum Gasteiger partial charge on any atom is -0.371 e. The van der Waals surface area contributed by atoms with Crippen molar-refractivity contribution in [2.75, 3.05) is 7.11 Å². The van der Waals surface area contributed by atoms with Gasteiger partial charge in [0.15, 0.2) is 5.78 Å². The second kappa shape index (κ2) is 7.24. The summed E-state index contributed by atoms with van der Waals surface area (Å²) in [6.45, 7) is 8.10. The van der Waals surface area contributed by atoms with Gasteiger partial charge in [-0.2, -0.15) is 0 Å². The Morgan fingerprint density at radius 1 is 1.25 bits per heavy atom. The fraction of sp³-hybridized carbons (Fsp3) is 0.938. The molecule has 0 spiro atoms. The summed E-state index contributed by atoms with van der Waals surface area (Å²) in [5, 5.41) is 3.54. The molecule has 0 aromatic rings. The monoisotopic (exact) mass is 303 g/mol. The van der Waals surface area contributed by atoms with Crippen LogP contribution in [0.2, 0.25) is 0 Å². The zero-order chi connectivity index (χ0) is 15.4. The van der Waals surface area contributed by atoms with Crippen molar-refractivity contribution in [3.63, 3.8) is 0 Å². The molecule has 1 fully saturated rings. The summed E-state index contributed by atoms with van der Waals surface area (Å²) >= 11 is 6.54. The van der Waals surface area contributed by atoms with Crippen LogP contribution in [0.15, 0.2) is 0 Å². The third-order valence-corrected chi connectivity index (χ3v) is 5.68. The molecule has 0 radical (unpaired) electrons. The first-order chi connectivity index (χ1) is 9.34. The Kier molecular flexibility index (Phi) is 6.49. The number of alkyl halides is 1. The first-order valence-electron chi connectivity index (χ1n) is 7.90. The Morgan fingerprint density at radius 2 is 1.85 bits per heavy atom. The average Bonchev–Trinajstić information content (AvgIpc) is 2.93. The fourth-order valence-electron chi connectivity index (χ4n) is 3.02. The molecular formula is C16H30ClNO2. The molecule has 0 saturated heterocycles. The van der Waals surface area contributed by atoms with Crippen LogP contribution in [0.1, 0.15) is 66.2 Å². The number of rotatable bonds is 8. The number of hydrogen-bond acceptors (Lipinski definition) is 3. The highest BCUT2D eigenvalue weighted by Crippen LogP contribution is 2.34. The lowest BCUT2D eigenvalue weighted by Gasteiger charge is -2.30. The molecule has 0 amide bonds. The van der Waals surface area contributed by atoms with E-state index in [1.54, 1.807) is 7.11 Å². The summed E-state index contributed by atoms with van der Waals surface area (Å²) < 4.78 is 5.44. The summed E-state index contributed by atoms with van der Waals surface area (Å²) in [6.07, 6.45) is 5.35. The lowest BCUT2D eigenvalue weighted by atomic mass is 9.87. The fourth-order valence-corrected chi connectivity index (χ4v) is 3.18. The van der Waals surface area contributed by atoms with Gasteiger partial charge >= 0.3 is 0 Å². The number of halogens is 1. The van der Waals surface area contributed by atoms with Gasteiger partial charge in [-0.3, -0.25) is 10.1 Å². The van der Waals surface area contributed by atoms with E-state index >= 15 is 0 Å². The number of carbonyl (C=O) groups excluding carboxylic acids is 1. The van der Waals surface area contributed by atoms with Crippen LogP contribution in [0.3, 0.4) is 0 Å². The van der Waals surface area contributed by atoms with E-state index in [0.717, 1.165) is 38.5 Å². The summed E-state index contributed by atoms with van der Waals surface area (Å²) in [5.74, 6) is 0.354. The highest BCUT2D eigenvalue weighted by atomic mass is 35.5. The van der Waals surface area contributed by atoms with Crippen molar-refractivity contribution in [1.82, 2.24) is 5.32 Å². The molecule has 0 aromatic heterocycles. The van der Waals surface area contributed by atoms with E-state index in [0.29, 0.717) is 6.04 Å². The van der Waals surface area contributed by atoms with Gasteiger partial charge in [0, 0.05) is 19.1 Å². The number of ketones is 1. The van der Waals surface area contributed by atoms with Crippen molar-refractivity contribution in [3.8, 4) is 0 Å². The van der Waals surface area contributed by atoms with E-state index in [1.807, 2.05) is 13.8 Å². The molecule has 1 N–H and O–H groups in total. The second-order valence-electron chi connectivity index (χ2n) is 6.18. The molecule has 0 bridgehead atoms. The lowest BCUT2D eigenvalue weighted by molar-refractivity contribution is -0.143. The van der Waals surface area contributed by atoms with Gasteiger partial charge in [0.1, 0.15) is 5.60 Å². The number of Topliss-reactive ketones (excluding diaryl/α,β-unsaturated/α-hetero) is 1. The summed E-state index contributed by atoms with van der Waals surface area (Å²) in [5.41, 5.74) is -0.632. The van der Waals surface area contributed by atoms with Crippen LogP contribution >= 0.6 is 11.6 Å². The van der Waals surface area contributed by atoms with Gasteiger partial charge < -0.3 is 4.74 Å². The first kappa shape index (κ1) is 17.9. The predicted molar refractivity (Wildman–Crippen MR) is 84.1 cm³/mol. The highest BCUT2D eigenvalue weighted by Gasteiger charge is 2.41. The van der Waals surface area contributed by atoms with Gasteiger partial charge in [0.2, 0.25) is 0 Å². The van der Waals surface area contributed by atoms with Crippen LogP contribution in [0.5, 0.6) is 0 Å². The molecule has 0 aliphatic heterocycles. The Bertz CT molecular complexity index is 324. The van der Waals surface area contributed by atoms with Crippen LogP contribution < -0.4 is 5.32 Å². The molecule has 1 saturated carbocycles. The van der Waals surface area contributed by atoms with E-state index in [1.165, 1.54) is 0 Å². The number of nitrogens with one attached hydrogen (secondary N) is 1. The van der Waals surface area contributed by atoms with Gasteiger partial charge in [-0.15, -0.1) is 11.6 Å². The van der Waals surface area contributed by atoms with Crippen LogP contribution in [-0.4, -0.2) is 29.5 Å². The molecule has 1 rings (SSSR count). The summed E-state index contributed by atoms with van der Waals surface area (Å²) in [4.78, 5) is 12.3. The van der Waals surface area contributed by atoms with Gasteiger partial charge in [-0.05, 0) is 45.4 Å². The standard InChI is InChI=1S/C16H30ClNO2/c1-6-15(4,20-5)14(19)12-9-10-13(11-12)18-16(17,7-2)8-3/h12-13,18H,6-11H2,1-5H3/t12-,13-,15?/m0/s1. The van der Waals surface area contributed by atoms with Crippen molar-refractivity contribution < 1.29 is 9.53 Å². The number of hydrogen-bond donors (Lipinski definition) is 1. The van der Waals surface area contributed by atoms with Crippen LogP contribution in [-0.2, 0) is 9.53 Å². The van der Waals surface area contributed by atoms with Crippen LogP contribution in [0.4, 0.5) is 0 Å². The summed E-state index contributed by atoms with van der Waals surface area (Å²) in [7, 11) is 1.63. The molecular weight excluding hydrogens is 274 g/mol. The van der Waals surface area contributed by atoms with Crippen molar-refractivity contribution in [3.05, 3.63) is 0 Å². The maximum atomic E-state index is 12.6. The molecule has 0 aromatic carbocycles.